The van der Waals surface area contributed by atoms with Crippen LogP contribution in [0.15, 0.2) is 18.2 Å². The molecule has 1 aromatic carbocycles. The Morgan fingerprint density at radius 1 is 1.33 bits per heavy atom. The first kappa shape index (κ1) is 17.6. The number of carbonyl (C=O) groups excluding carboxylic acids is 1. The molecule has 1 unspecified atom stereocenters. The van der Waals surface area contributed by atoms with Gasteiger partial charge in [-0.15, -0.1) is 12.4 Å². The van der Waals surface area contributed by atoms with Gasteiger partial charge in [0.25, 0.3) is 0 Å². The molecule has 0 aliphatic carbocycles. The first-order valence-electron chi connectivity index (χ1n) is 7.13. The van der Waals surface area contributed by atoms with E-state index < -0.39 is 0 Å². The molecule has 118 valence electrons. The molecule has 1 aromatic rings. The molecule has 0 radical (unpaired) electrons. The number of carbonyl (C=O) groups is 1. The second kappa shape index (κ2) is 8.74. The van der Waals surface area contributed by atoms with Crippen LogP contribution in [0, 0.1) is 0 Å². The van der Waals surface area contributed by atoms with Crippen LogP contribution in [0.5, 0.6) is 11.5 Å². The SMILES string of the molecule is CCC(NC(=O)CCCN)c1ccc2c(c1)OCCO2.Cl. The minimum absolute atomic E-state index is 0. The Labute approximate surface area is 131 Å². The van der Waals surface area contributed by atoms with Gasteiger partial charge < -0.3 is 20.5 Å². The summed E-state index contributed by atoms with van der Waals surface area (Å²) in [4.78, 5) is 11.8. The van der Waals surface area contributed by atoms with Gasteiger partial charge in [0.15, 0.2) is 11.5 Å². The number of benzene rings is 1. The summed E-state index contributed by atoms with van der Waals surface area (Å²) in [5.41, 5.74) is 6.46. The van der Waals surface area contributed by atoms with Gasteiger partial charge in [-0.3, -0.25) is 4.79 Å². The van der Waals surface area contributed by atoms with Crippen LogP contribution in [0.2, 0.25) is 0 Å². The number of amides is 1. The van der Waals surface area contributed by atoms with E-state index in [2.05, 4.69) is 5.32 Å². The Kier molecular flexibility index (Phi) is 7.32. The fraction of sp³-hybridized carbons (Fsp3) is 0.533. The van der Waals surface area contributed by atoms with Crippen LogP contribution in [0.25, 0.3) is 0 Å². The number of ether oxygens (including phenoxy) is 2. The van der Waals surface area contributed by atoms with Gasteiger partial charge in [-0.25, -0.2) is 0 Å². The number of halogens is 1. The second-order valence-electron chi connectivity index (χ2n) is 4.82. The number of rotatable bonds is 6. The van der Waals surface area contributed by atoms with Gasteiger partial charge in [0.05, 0.1) is 6.04 Å². The smallest absolute Gasteiger partial charge is 0.220 e. The van der Waals surface area contributed by atoms with Gasteiger partial charge in [0.2, 0.25) is 5.91 Å². The largest absolute Gasteiger partial charge is 0.486 e. The van der Waals surface area contributed by atoms with Crippen molar-refractivity contribution in [1.82, 2.24) is 5.32 Å². The minimum atomic E-state index is -0.00361. The summed E-state index contributed by atoms with van der Waals surface area (Å²) in [6, 6.07) is 5.83. The Morgan fingerprint density at radius 3 is 2.71 bits per heavy atom. The zero-order valence-electron chi connectivity index (χ0n) is 12.3. The molecule has 1 atom stereocenters. The van der Waals surface area contributed by atoms with E-state index >= 15 is 0 Å². The summed E-state index contributed by atoms with van der Waals surface area (Å²) < 4.78 is 11.1. The van der Waals surface area contributed by atoms with Crippen LogP contribution < -0.4 is 20.5 Å². The molecule has 0 aromatic heterocycles. The Balaban J connectivity index is 0.00000220. The molecule has 1 aliphatic rings. The van der Waals surface area contributed by atoms with E-state index in [1.165, 1.54) is 0 Å². The van der Waals surface area contributed by atoms with Gasteiger partial charge in [-0.05, 0) is 37.1 Å². The molecule has 3 N–H and O–H groups in total. The van der Waals surface area contributed by atoms with Crippen LogP contribution >= 0.6 is 12.4 Å². The van der Waals surface area contributed by atoms with Crippen LogP contribution in [-0.4, -0.2) is 25.7 Å². The average molecular weight is 315 g/mol. The van der Waals surface area contributed by atoms with E-state index in [1.54, 1.807) is 0 Å². The van der Waals surface area contributed by atoms with Crippen molar-refractivity contribution in [3.8, 4) is 11.5 Å². The lowest BCUT2D eigenvalue weighted by molar-refractivity contribution is -0.121. The quantitative estimate of drug-likeness (QED) is 0.844. The lowest BCUT2D eigenvalue weighted by Crippen LogP contribution is -2.28. The van der Waals surface area contributed by atoms with Crippen LogP contribution in [0.4, 0.5) is 0 Å². The summed E-state index contributed by atoms with van der Waals surface area (Å²) in [5.74, 6) is 1.56. The molecule has 1 aliphatic heterocycles. The van der Waals surface area contributed by atoms with Crippen molar-refractivity contribution in [2.24, 2.45) is 5.73 Å². The molecular formula is C15H23ClN2O3. The molecule has 21 heavy (non-hydrogen) atoms. The highest BCUT2D eigenvalue weighted by molar-refractivity contribution is 5.85. The molecule has 2 rings (SSSR count). The van der Waals surface area contributed by atoms with Crippen molar-refractivity contribution in [2.45, 2.75) is 32.2 Å². The lowest BCUT2D eigenvalue weighted by atomic mass is 10.0. The Morgan fingerprint density at radius 2 is 2.05 bits per heavy atom. The third-order valence-electron chi connectivity index (χ3n) is 3.32. The maximum absolute atomic E-state index is 11.8. The van der Waals surface area contributed by atoms with Gasteiger partial charge in [-0.1, -0.05) is 13.0 Å². The second-order valence-corrected chi connectivity index (χ2v) is 4.82. The fourth-order valence-corrected chi connectivity index (χ4v) is 2.23. The topological polar surface area (TPSA) is 73.6 Å². The van der Waals surface area contributed by atoms with Gasteiger partial charge >= 0.3 is 0 Å². The summed E-state index contributed by atoms with van der Waals surface area (Å²) in [5, 5.41) is 3.03. The number of nitrogens with two attached hydrogens (primary N) is 1. The zero-order chi connectivity index (χ0) is 14.4. The third kappa shape index (κ3) is 4.79. The van der Waals surface area contributed by atoms with Gasteiger partial charge in [0.1, 0.15) is 13.2 Å². The van der Waals surface area contributed by atoms with E-state index in [0.29, 0.717) is 32.6 Å². The Bertz CT molecular complexity index is 468. The first-order chi connectivity index (χ1) is 9.74. The molecule has 0 saturated heterocycles. The molecule has 6 heteroatoms. The van der Waals surface area contributed by atoms with Crippen LogP contribution in [0.1, 0.15) is 37.8 Å². The number of hydrogen-bond acceptors (Lipinski definition) is 4. The number of nitrogens with one attached hydrogen (secondary N) is 1. The van der Waals surface area contributed by atoms with E-state index in [1.807, 2.05) is 25.1 Å². The standard InChI is InChI=1S/C15H22N2O3.ClH/c1-2-12(17-15(18)4-3-7-16)11-5-6-13-14(10-11)20-9-8-19-13;/h5-6,10,12H,2-4,7-9,16H2,1H3,(H,17,18);1H. The van der Waals surface area contributed by atoms with E-state index in [-0.39, 0.29) is 24.4 Å². The molecule has 0 spiro atoms. The van der Waals surface area contributed by atoms with E-state index in [4.69, 9.17) is 15.2 Å². The number of hydrogen-bond donors (Lipinski definition) is 2. The highest BCUT2D eigenvalue weighted by Crippen LogP contribution is 2.33. The molecule has 5 nitrogen and oxygen atoms in total. The van der Waals surface area contributed by atoms with Crippen molar-refractivity contribution in [1.29, 1.82) is 0 Å². The predicted molar refractivity (Wildman–Crippen MR) is 84.1 cm³/mol. The fourth-order valence-electron chi connectivity index (χ4n) is 2.23. The van der Waals surface area contributed by atoms with E-state index in [0.717, 1.165) is 23.5 Å². The van der Waals surface area contributed by atoms with Gasteiger partial charge in [-0.2, -0.15) is 0 Å². The van der Waals surface area contributed by atoms with Crippen molar-refractivity contribution >= 4 is 18.3 Å². The van der Waals surface area contributed by atoms with Crippen molar-refractivity contribution in [3.05, 3.63) is 23.8 Å². The molecule has 0 saturated carbocycles. The number of fused-ring (bicyclic) bond motifs is 1. The third-order valence-corrected chi connectivity index (χ3v) is 3.32. The van der Waals surface area contributed by atoms with E-state index in [9.17, 15) is 4.79 Å². The highest BCUT2D eigenvalue weighted by Gasteiger charge is 2.17. The van der Waals surface area contributed by atoms with Crippen molar-refractivity contribution in [2.75, 3.05) is 19.8 Å². The molecule has 1 amide bonds. The van der Waals surface area contributed by atoms with Crippen LogP contribution in [-0.2, 0) is 4.79 Å². The zero-order valence-corrected chi connectivity index (χ0v) is 13.1. The maximum Gasteiger partial charge on any atom is 0.220 e. The molecule has 1 heterocycles. The summed E-state index contributed by atoms with van der Waals surface area (Å²) in [7, 11) is 0. The highest BCUT2D eigenvalue weighted by atomic mass is 35.5. The average Bonchev–Trinajstić information content (AvgIpc) is 2.50. The normalized spacial score (nSPS) is 14.0. The predicted octanol–water partition coefficient (Wildman–Crippen LogP) is 2.19. The summed E-state index contributed by atoms with van der Waals surface area (Å²) in [6.07, 6.45) is 2.01. The summed E-state index contributed by atoms with van der Waals surface area (Å²) >= 11 is 0. The first-order valence-corrected chi connectivity index (χ1v) is 7.13. The Hall–Kier alpha value is -1.46. The monoisotopic (exact) mass is 314 g/mol. The van der Waals surface area contributed by atoms with Crippen LogP contribution in [0.3, 0.4) is 0 Å². The van der Waals surface area contributed by atoms with Crippen molar-refractivity contribution in [3.63, 3.8) is 0 Å². The lowest BCUT2D eigenvalue weighted by Gasteiger charge is -2.22. The maximum atomic E-state index is 11.8. The summed E-state index contributed by atoms with van der Waals surface area (Å²) in [6.45, 7) is 3.73. The van der Waals surface area contributed by atoms with Gasteiger partial charge in [0, 0.05) is 6.42 Å². The van der Waals surface area contributed by atoms with Crippen molar-refractivity contribution < 1.29 is 14.3 Å². The molecule has 0 fully saturated rings. The minimum Gasteiger partial charge on any atom is -0.486 e. The molecular weight excluding hydrogens is 292 g/mol. The molecule has 0 bridgehead atoms.